The van der Waals surface area contributed by atoms with Gasteiger partial charge in [0.15, 0.2) is 8.32 Å². The predicted octanol–water partition coefficient (Wildman–Crippen LogP) is 5.20. The zero-order valence-corrected chi connectivity index (χ0v) is 16.0. The van der Waals surface area contributed by atoms with Crippen LogP contribution >= 0.6 is 0 Å². The summed E-state index contributed by atoms with van der Waals surface area (Å²) in [6.07, 6.45) is 10.9. The van der Waals surface area contributed by atoms with E-state index < -0.39 is 13.9 Å². The maximum Gasteiger partial charge on any atom is 0.192 e. The Kier molecular flexibility index (Phi) is 6.05. The smallest absolute Gasteiger partial charge is 0.192 e. The second-order valence-corrected chi connectivity index (χ2v) is 12.9. The van der Waals surface area contributed by atoms with Crippen molar-refractivity contribution >= 4 is 8.32 Å². The SMILES string of the molecule is C[C@H](O[Si](C)(C)C(C)(C)C)[C@@](C)(O)/C=C/C1=CCCCC1. The van der Waals surface area contributed by atoms with Crippen LogP contribution in [0.1, 0.15) is 60.3 Å². The van der Waals surface area contributed by atoms with Gasteiger partial charge >= 0.3 is 0 Å². The topological polar surface area (TPSA) is 29.5 Å². The van der Waals surface area contributed by atoms with Crippen molar-refractivity contribution in [3.8, 4) is 0 Å². The van der Waals surface area contributed by atoms with Gasteiger partial charge < -0.3 is 9.53 Å². The molecule has 0 saturated carbocycles. The van der Waals surface area contributed by atoms with Gasteiger partial charge in [0, 0.05) is 0 Å². The van der Waals surface area contributed by atoms with Gasteiger partial charge in [0.25, 0.3) is 0 Å². The molecule has 0 aromatic heterocycles. The van der Waals surface area contributed by atoms with E-state index in [9.17, 15) is 5.11 Å². The summed E-state index contributed by atoms with van der Waals surface area (Å²) in [6, 6.07) is 0. The van der Waals surface area contributed by atoms with Crippen LogP contribution in [0.2, 0.25) is 18.1 Å². The minimum atomic E-state index is -1.85. The van der Waals surface area contributed by atoms with Gasteiger partial charge in [-0.15, -0.1) is 0 Å². The third kappa shape index (κ3) is 5.39. The van der Waals surface area contributed by atoms with E-state index in [1.807, 2.05) is 19.9 Å². The maximum atomic E-state index is 10.7. The van der Waals surface area contributed by atoms with Gasteiger partial charge in [0.05, 0.1) is 6.10 Å². The van der Waals surface area contributed by atoms with Gasteiger partial charge in [-0.3, -0.25) is 0 Å². The zero-order valence-electron chi connectivity index (χ0n) is 15.0. The van der Waals surface area contributed by atoms with Crippen LogP contribution in [0.4, 0.5) is 0 Å². The second kappa shape index (κ2) is 6.80. The summed E-state index contributed by atoms with van der Waals surface area (Å²) in [6.45, 7) is 15.0. The van der Waals surface area contributed by atoms with Gasteiger partial charge in [0.1, 0.15) is 5.60 Å². The molecule has 2 atom stereocenters. The fraction of sp³-hybridized carbons (Fsp3) is 0.778. The largest absolute Gasteiger partial charge is 0.411 e. The molecule has 0 fully saturated rings. The Bertz CT molecular complexity index is 400. The van der Waals surface area contributed by atoms with Crippen LogP contribution in [0.5, 0.6) is 0 Å². The third-order valence-corrected chi connectivity index (χ3v) is 9.62. The number of hydrogen-bond donors (Lipinski definition) is 1. The second-order valence-electron chi connectivity index (χ2n) is 8.10. The van der Waals surface area contributed by atoms with Gasteiger partial charge in [0.2, 0.25) is 0 Å². The average molecular weight is 311 g/mol. The molecule has 0 bridgehead atoms. The van der Waals surface area contributed by atoms with Gasteiger partial charge in [-0.25, -0.2) is 0 Å². The van der Waals surface area contributed by atoms with Gasteiger partial charge in [-0.05, 0) is 57.7 Å². The van der Waals surface area contributed by atoms with E-state index >= 15 is 0 Å². The number of aliphatic hydroxyl groups is 1. The van der Waals surface area contributed by atoms with E-state index in [0.717, 1.165) is 12.8 Å². The Morgan fingerprint density at radius 1 is 1.24 bits per heavy atom. The molecule has 2 nitrogen and oxygen atoms in total. The highest BCUT2D eigenvalue weighted by molar-refractivity contribution is 6.74. The van der Waals surface area contributed by atoms with Crippen LogP contribution in [-0.2, 0) is 4.43 Å². The van der Waals surface area contributed by atoms with Crippen molar-refractivity contribution in [2.75, 3.05) is 0 Å². The summed E-state index contributed by atoms with van der Waals surface area (Å²) in [7, 11) is -1.85. The normalized spacial score (nSPS) is 22.0. The fourth-order valence-electron chi connectivity index (χ4n) is 2.16. The van der Waals surface area contributed by atoms with E-state index in [-0.39, 0.29) is 11.1 Å². The molecule has 122 valence electrons. The van der Waals surface area contributed by atoms with Crippen LogP contribution in [0, 0.1) is 0 Å². The summed E-state index contributed by atoms with van der Waals surface area (Å²) in [5.41, 5.74) is 0.425. The lowest BCUT2D eigenvalue weighted by Gasteiger charge is -2.41. The molecule has 1 aliphatic rings. The minimum absolute atomic E-state index is 0.160. The fourth-order valence-corrected chi connectivity index (χ4v) is 3.64. The Labute approximate surface area is 132 Å². The van der Waals surface area contributed by atoms with Crippen molar-refractivity contribution in [3.63, 3.8) is 0 Å². The Morgan fingerprint density at radius 2 is 1.86 bits per heavy atom. The highest BCUT2D eigenvalue weighted by atomic mass is 28.4. The molecule has 0 aromatic rings. The number of allylic oxidation sites excluding steroid dienone is 3. The molecule has 0 radical (unpaired) electrons. The van der Waals surface area contributed by atoms with E-state index in [1.54, 1.807) is 0 Å². The first-order chi connectivity index (χ1) is 9.46. The van der Waals surface area contributed by atoms with E-state index in [0.29, 0.717) is 0 Å². The molecule has 1 N–H and O–H groups in total. The van der Waals surface area contributed by atoms with Crippen molar-refractivity contribution in [2.45, 2.75) is 90.1 Å². The first-order valence-corrected chi connectivity index (χ1v) is 11.1. The standard InChI is InChI=1S/C18H34O2Si/c1-15(20-21(6,7)17(2,3)4)18(5,19)14-13-16-11-9-8-10-12-16/h11,13-15,19H,8-10,12H2,1-7H3/b14-13+/t15-,18-/m0/s1. The lowest BCUT2D eigenvalue weighted by Crippen LogP contribution is -2.49. The van der Waals surface area contributed by atoms with Gasteiger partial charge in [-0.2, -0.15) is 0 Å². The number of rotatable bonds is 5. The first kappa shape index (κ1) is 18.7. The summed E-state index contributed by atoms with van der Waals surface area (Å²) < 4.78 is 6.33. The predicted molar refractivity (Wildman–Crippen MR) is 94.1 cm³/mol. The summed E-state index contributed by atoms with van der Waals surface area (Å²) in [5, 5.41) is 10.9. The molecule has 0 unspecified atom stereocenters. The molecule has 0 aliphatic heterocycles. The molecule has 0 heterocycles. The molecule has 1 aliphatic carbocycles. The zero-order chi connectivity index (χ0) is 16.3. The Morgan fingerprint density at radius 3 is 2.33 bits per heavy atom. The van der Waals surface area contributed by atoms with Crippen LogP contribution in [-0.4, -0.2) is 25.1 Å². The summed E-state index contributed by atoms with van der Waals surface area (Å²) in [5.74, 6) is 0. The summed E-state index contributed by atoms with van der Waals surface area (Å²) >= 11 is 0. The average Bonchev–Trinajstić information content (AvgIpc) is 2.36. The van der Waals surface area contributed by atoms with E-state index in [1.165, 1.54) is 18.4 Å². The van der Waals surface area contributed by atoms with E-state index in [2.05, 4.69) is 46.0 Å². The molecule has 0 saturated heterocycles. The molecule has 21 heavy (non-hydrogen) atoms. The molecule has 0 amide bonds. The van der Waals surface area contributed by atoms with Crippen molar-refractivity contribution in [2.24, 2.45) is 0 Å². The molecule has 0 aromatic carbocycles. The Balaban J connectivity index is 2.73. The van der Waals surface area contributed by atoms with Gasteiger partial charge in [-0.1, -0.05) is 44.6 Å². The highest BCUT2D eigenvalue weighted by Gasteiger charge is 2.41. The first-order valence-electron chi connectivity index (χ1n) is 8.24. The molecule has 0 spiro atoms. The van der Waals surface area contributed by atoms with Crippen molar-refractivity contribution < 1.29 is 9.53 Å². The van der Waals surface area contributed by atoms with E-state index in [4.69, 9.17) is 4.43 Å². The van der Waals surface area contributed by atoms with Crippen molar-refractivity contribution in [1.82, 2.24) is 0 Å². The van der Waals surface area contributed by atoms with Crippen LogP contribution in [0.15, 0.2) is 23.8 Å². The van der Waals surface area contributed by atoms with Crippen LogP contribution < -0.4 is 0 Å². The van der Waals surface area contributed by atoms with Crippen LogP contribution in [0.3, 0.4) is 0 Å². The molecular formula is C18H34O2Si. The lowest BCUT2D eigenvalue weighted by atomic mass is 9.95. The summed E-state index contributed by atoms with van der Waals surface area (Å²) in [4.78, 5) is 0. The van der Waals surface area contributed by atoms with Crippen molar-refractivity contribution in [1.29, 1.82) is 0 Å². The monoisotopic (exact) mass is 310 g/mol. The minimum Gasteiger partial charge on any atom is -0.411 e. The molecular weight excluding hydrogens is 276 g/mol. The molecule has 1 rings (SSSR count). The highest BCUT2D eigenvalue weighted by Crippen LogP contribution is 2.38. The quantitative estimate of drug-likeness (QED) is 0.707. The lowest BCUT2D eigenvalue weighted by molar-refractivity contribution is -0.00807. The number of hydrogen-bond acceptors (Lipinski definition) is 2. The maximum absolute atomic E-state index is 10.7. The third-order valence-electron chi connectivity index (χ3n) is 5.06. The van der Waals surface area contributed by atoms with Crippen molar-refractivity contribution in [3.05, 3.63) is 23.8 Å². The van der Waals surface area contributed by atoms with Crippen LogP contribution in [0.25, 0.3) is 0 Å². The Hall–Kier alpha value is -0.383. The molecule has 3 heteroatoms.